The van der Waals surface area contributed by atoms with Crippen LogP contribution in [0.2, 0.25) is 0 Å². The van der Waals surface area contributed by atoms with Gasteiger partial charge in [-0.2, -0.15) is 0 Å². The third-order valence-electron chi connectivity index (χ3n) is 5.71. The fraction of sp³-hybridized carbons (Fsp3) is 0.435. The molecule has 0 radical (unpaired) electrons. The maximum absolute atomic E-state index is 11.6. The Balaban J connectivity index is 1.43. The maximum Gasteiger partial charge on any atom is 0.310 e. The summed E-state index contributed by atoms with van der Waals surface area (Å²) in [5.74, 6) is 0.449. The van der Waals surface area contributed by atoms with E-state index in [0.717, 1.165) is 71.4 Å². The molecule has 1 unspecified atom stereocenters. The van der Waals surface area contributed by atoms with Gasteiger partial charge in [0.25, 0.3) is 0 Å². The first-order valence-electron chi connectivity index (χ1n) is 10.2. The first kappa shape index (κ1) is 20.2. The molecule has 2 aromatic carbocycles. The molecule has 1 aliphatic carbocycles. The molecule has 6 heteroatoms. The molecule has 1 saturated heterocycles. The van der Waals surface area contributed by atoms with Crippen LogP contribution in [0.4, 0.5) is 0 Å². The second-order valence-electron chi connectivity index (χ2n) is 7.75. The van der Waals surface area contributed by atoms with Gasteiger partial charge in [-0.15, -0.1) is 0 Å². The lowest BCUT2D eigenvalue weighted by Crippen LogP contribution is -2.34. The number of aliphatic carboxylic acids is 1. The third kappa shape index (κ3) is 4.93. The number of piperidine rings is 1. The number of fused-ring (bicyclic) bond motifs is 1. The number of rotatable bonds is 6. The van der Waals surface area contributed by atoms with E-state index in [4.69, 9.17) is 9.47 Å². The van der Waals surface area contributed by atoms with E-state index in [9.17, 15) is 9.90 Å². The predicted molar refractivity (Wildman–Crippen MR) is 115 cm³/mol. The van der Waals surface area contributed by atoms with Crippen LogP contribution in [0.25, 0.3) is 0 Å². The molecule has 154 valence electrons. The largest absolute Gasteiger partial charge is 0.490 e. The Morgan fingerprint density at radius 3 is 2.62 bits per heavy atom. The SMILES string of the molecule is O=C(O)C1CCCc2c(OCc3ccc(OC4CCNCC4)cc3)cc(Br)cc21. The van der Waals surface area contributed by atoms with Crippen molar-refractivity contribution in [1.29, 1.82) is 0 Å². The van der Waals surface area contributed by atoms with E-state index in [1.807, 2.05) is 36.4 Å². The molecule has 0 spiro atoms. The van der Waals surface area contributed by atoms with Crippen molar-refractivity contribution >= 4 is 21.9 Å². The van der Waals surface area contributed by atoms with E-state index < -0.39 is 11.9 Å². The van der Waals surface area contributed by atoms with Gasteiger partial charge in [-0.3, -0.25) is 4.79 Å². The number of carboxylic acids is 1. The summed E-state index contributed by atoms with van der Waals surface area (Å²) in [6.45, 7) is 2.46. The van der Waals surface area contributed by atoms with E-state index in [1.54, 1.807) is 0 Å². The number of halogens is 1. The number of carbonyl (C=O) groups is 1. The quantitative estimate of drug-likeness (QED) is 0.656. The molecule has 2 aromatic rings. The van der Waals surface area contributed by atoms with E-state index in [-0.39, 0.29) is 6.10 Å². The Hall–Kier alpha value is -2.05. The standard InChI is InChI=1S/C23H26BrNO4/c24-16-12-21-19(2-1-3-20(21)23(26)27)22(13-16)28-14-15-4-6-17(7-5-15)29-18-8-10-25-11-9-18/h4-7,12-13,18,20,25H,1-3,8-11,14H2,(H,26,27). The number of ether oxygens (including phenoxy) is 2. The first-order valence-corrected chi connectivity index (χ1v) is 11.0. The highest BCUT2D eigenvalue weighted by molar-refractivity contribution is 9.10. The van der Waals surface area contributed by atoms with Crippen molar-refractivity contribution < 1.29 is 19.4 Å². The molecule has 29 heavy (non-hydrogen) atoms. The van der Waals surface area contributed by atoms with Crippen molar-refractivity contribution in [2.24, 2.45) is 0 Å². The summed E-state index contributed by atoms with van der Waals surface area (Å²) in [5.41, 5.74) is 2.96. The number of hydrogen-bond donors (Lipinski definition) is 2. The minimum absolute atomic E-state index is 0.286. The third-order valence-corrected chi connectivity index (χ3v) is 6.17. The zero-order valence-corrected chi connectivity index (χ0v) is 17.9. The summed E-state index contributed by atoms with van der Waals surface area (Å²) in [6.07, 6.45) is 4.76. The molecule has 4 rings (SSSR count). The topological polar surface area (TPSA) is 67.8 Å². The van der Waals surface area contributed by atoms with Crippen LogP contribution in [0, 0.1) is 0 Å². The van der Waals surface area contributed by atoms with Crippen molar-refractivity contribution in [3.8, 4) is 11.5 Å². The number of carboxylic acid groups (broad SMARTS) is 1. The molecular weight excluding hydrogens is 434 g/mol. The highest BCUT2D eigenvalue weighted by Crippen LogP contribution is 2.39. The van der Waals surface area contributed by atoms with Gasteiger partial charge in [0.1, 0.15) is 24.2 Å². The molecule has 0 bridgehead atoms. The average molecular weight is 460 g/mol. The summed E-state index contributed by atoms with van der Waals surface area (Å²) in [6, 6.07) is 11.9. The van der Waals surface area contributed by atoms with Gasteiger partial charge in [0.2, 0.25) is 0 Å². The highest BCUT2D eigenvalue weighted by Gasteiger charge is 2.28. The van der Waals surface area contributed by atoms with Crippen molar-refractivity contribution in [2.75, 3.05) is 13.1 Å². The molecule has 0 amide bonds. The Labute approximate surface area is 179 Å². The Morgan fingerprint density at radius 2 is 1.90 bits per heavy atom. The summed E-state index contributed by atoms with van der Waals surface area (Å²) in [7, 11) is 0. The Kier molecular flexibility index (Phi) is 6.40. The minimum atomic E-state index is -0.765. The molecule has 1 aliphatic heterocycles. The Bertz CT molecular complexity index is 862. The first-order chi connectivity index (χ1) is 14.1. The summed E-state index contributed by atoms with van der Waals surface area (Å²) in [4.78, 5) is 11.6. The van der Waals surface area contributed by atoms with Gasteiger partial charge < -0.3 is 19.9 Å². The monoisotopic (exact) mass is 459 g/mol. The average Bonchev–Trinajstić information content (AvgIpc) is 2.73. The van der Waals surface area contributed by atoms with E-state index in [2.05, 4.69) is 21.2 Å². The minimum Gasteiger partial charge on any atom is -0.490 e. The lowest BCUT2D eigenvalue weighted by Gasteiger charge is -2.25. The second-order valence-corrected chi connectivity index (χ2v) is 8.67. The van der Waals surface area contributed by atoms with Gasteiger partial charge in [0.05, 0.1) is 5.92 Å². The van der Waals surface area contributed by atoms with Crippen LogP contribution in [0.15, 0.2) is 40.9 Å². The van der Waals surface area contributed by atoms with Gasteiger partial charge in [0.15, 0.2) is 0 Å². The molecule has 2 N–H and O–H groups in total. The number of nitrogens with one attached hydrogen (secondary N) is 1. The lowest BCUT2D eigenvalue weighted by atomic mass is 9.82. The van der Waals surface area contributed by atoms with Crippen molar-refractivity contribution in [3.05, 3.63) is 57.6 Å². The van der Waals surface area contributed by atoms with Gasteiger partial charge in [0, 0.05) is 4.47 Å². The smallest absolute Gasteiger partial charge is 0.310 e. The molecule has 1 heterocycles. The van der Waals surface area contributed by atoms with Crippen LogP contribution in [0.1, 0.15) is 48.3 Å². The van der Waals surface area contributed by atoms with Gasteiger partial charge in [-0.25, -0.2) is 0 Å². The summed E-state index contributed by atoms with van der Waals surface area (Å²) in [5, 5.41) is 12.9. The maximum atomic E-state index is 11.6. The molecule has 0 saturated carbocycles. The summed E-state index contributed by atoms with van der Waals surface area (Å²) < 4.78 is 13.0. The van der Waals surface area contributed by atoms with Crippen LogP contribution >= 0.6 is 15.9 Å². The van der Waals surface area contributed by atoms with Crippen molar-refractivity contribution in [2.45, 2.75) is 50.7 Å². The van der Waals surface area contributed by atoms with Gasteiger partial charge in [-0.05, 0) is 86.1 Å². The van der Waals surface area contributed by atoms with Crippen LogP contribution in [0.5, 0.6) is 11.5 Å². The fourth-order valence-corrected chi connectivity index (χ4v) is 4.62. The van der Waals surface area contributed by atoms with Crippen LogP contribution in [-0.4, -0.2) is 30.3 Å². The normalized spacial score (nSPS) is 19.4. The van der Waals surface area contributed by atoms with Gasteiger partial charge >= 0.3 is 5.97 Å². The molecule has 2 aliphatic rings. The Morgan fingerprint density at radius 1 is 1.14 bits per heavy atom. The number of benzene rings is 2. The molecule has 1 fully saturated rings. The van der Waals surface area contributed by atoms with E-state index >= 15 is 0 Å². The summed E-state index contributed by atoms with van der Waals surface area (Å²) >= 11 is 3.51. The van der Waals surface area contributed by atoms with Crippen LogP contribution < -0.4 is 14.8 Å². The van der Waals surface area contributed by atoms with E-state index in [0.29, 0.717) is 13.0 Å². The van der Waals surface area contributed by atoms with Crippen molar-refractivity contribution in [1.82, 2.24) is 5.32 Å². The van der Waals surface area contributed by atoms with Crippen LogP contribution in [-0.2, 0) is 17.8 Å². The molecule has 0 aromatic heterocycles. The van der Waals surface area contributed by atoms with E-state index in [1.165, 1.54) is 0 Å². The zero-order chi connectivity index (χ0) is 20.2. The van der Waals surface area contributed by atoms with Gasteiger partial charge in [-0.1, -0.05) is 28.1 Å². The second kappa shape index (κ2) is 9.18. The molecule has 1 atom stereocenters. The molecule has 5 nitrogen and oxygen atoms in total. The lowest BCUT2D eigenvalue weighted by molar-refractivity contribution is -0.139. The zero-order valence-electron chi connectivity index (χ0n) is 16.3. The van der Waals surface area contributed by atoms with Crippen molar-refractivity contribution in [3.63, 3.8) is 0 Å². The highest BCUT2D eigenvalue weighted by atomic mass is 79.9. The predicted octanol–water partition coefficient (Wildman–Crippen LogP) is 4.66. The molecular formula is C23H26BrNO4. The van der Waals surface area contributed by atoms with Crippen LogP contribution in [0.3, 0.4) is 0 Å². The fourth-order valence-electron chi connectivity index (χ4n) is 4.17. The number of hydrogen-bond acceptors (Lipinski definition) is 4.